The van der Waals surface area contributed by atoms with Gasteiger partial charge in [0.2, 0.25) is 5.91 Å². The predicted molar refractivity (Wildman–Crippen MR) is 61.5 cm³/mol. The Balaban J connectivity index is 3.02. The van der Waals surface area contributed by atoms with Crippen molar-refractivity contribution >= 4 is 23.2 Å². The molecule has 0 aliphatic carbocycles. The summed E-state index contributed by atoms with van der Waals surface area (Å²) in [6.07, 6.45) is 0. The molecule has 4 heteroatoms. The highest BCUT2D eigenvalue weighted by molar-refractivity contribution is 6.29. The molecule has 15 heavy (non-hydrogen) atoms. The fourth-order valence-electron chi connectivity index (χ4n) is 1.34. The van der Waals surface area contributed by atoms with E-state index in [4.69, 9.17) is 11.6 Å². The lowest BCUT2D eigenvalue weighted by atomic mass is 10.0. The summed E-state index contributed by atoms with van der Waals surface area (Å²) in [5.41, 5.74) is 1.60. The van der Waals surface area contributed by atoms with Gasteiger partial charge in [-0.05, 0) is 17.5 Å². The zero-order chi connectivity index (χ0) is 11.4. The first kappa shape index (κ1) is 11.9. The maximum Gasteiger partial charge on any atom is 0.239 e. The Labute approximate surface area is 94.1 Å². The van der Waals surface area contributed by atoms with Crippen molar-refractivity contribution in [1.82, 2.24) is 0 Å². The van der Waals surface area contributed by atoms with Gasteiger partial charge in [-0.3, -0.25) is 4.79 Å². The van der Waals surface area contributed by atoms with Gasteiger partial charge in [-0.15, -0.1) is 11.6 Å². The van der Waals surface area contributed by atoms with Crippen LogP contribution < -0.4 is 5.32 Å². The number of anilines is 1. The van der Waals surface area contributed by atoms with Gasteiger partial charge in [-0.2, -0.15) is 0 Å². The number of hydrogen-bond donors (Lipinski definition) is 2. The quantitative estimate of drug-likeness (QED) is 0.780. The molecule has 82 valence electrons. The van der Waals surface area contributed by atoms with E-state index in [1.807, 2.05) is 13.8 Å². The molecule has 0 fully saturated rings. The first-order chi connectivity index (χ1) is 7.04. The normalized spacial score (nSPS) is 10.4. The summed E-state index contributed by atoms with van der Waals surface area (Å²) in [5.74, 6) is 0.0392. The number of nitrogens with one attached hydrogen (secondary N) is 1. The van der Waals surface area contributed by atoms with Crippen LogP contribution in [0, 0.1) is 0 Å². The summed E-state index contributed by atoms with van der Waals surface area (Å²) in [7, 11) is 0. The number of rotatable bonds is 3. The van der Waals surface area contributed by atoms with Crippen molar-refractivity contribution in [1.29, 1.82) is 0 Å². The largest absolute Gasteiger partial charge is 0.508 e. The highest BCUT2D eigenvalue weighted by Crippen LogP contribution is 2.27. The minimum atomic E-state index is -0.274. The number of benzene rings is 1. The average molecular weight is 228 g/mol. The number of phenols is 1. The van der Waals surface area contributed by atoms with Crippen LogP contribution in [-0.4, -0.2) is 16.9 Å². The van der Waals surface area contributed by atoms with Crippen LogP contribution in [0.25, 0.3) is 0 Å². The van der Waals surface area contributed by atoms with Crippen LogP contribution >= 0.6 is 11.6 Å². The highest BCUT2D eigenvalue weighted by Gasteiger charge is 2.09. The molecule has 0 atom stereocenters. The van der Waals surface area contributed by atoms with E-state index < -0.39 is 0 Å². The van der Waals surface area contributed by atoms with E-state index >= 15 is 0 Å². The van der Waals surface area contributed by atoms with Crippen molar-refractivity contribution in [3.8, 4) is 5.75 Å². The number of hydrogen-bond acceptors (Lipinski definition) is 2. The molecule has 1 aromatic carbocycles. The monoisotopic (exact) mass is 227 g/mol. The molecule has 0 saturated heterocycles. The van der Waals surface area contributed by atoms with Crippen molar-refractivity contribution in [2.75, 3.05) is 11.2 Å². The first-order valence-corrected chi connectivity index (χ1v) is 5.26. The second-order valence-electron chi connectivity index (χ2n) is 3.61. The second kappa shape index (κ2) is 5.03. The Morgan fingerprint density at radius 3 is 2.73 bits per heavy atom. The number of alkyl halides is 1. The number of carbonyl (C=O) groups excluding carboxylic acids is 1. The third kappa shape index (κ3) is 3.13. The van der Waals surface area contributed by atoms with E-state index in [0.29, 0.717) is 5.69 Å². The second-order valence-corrected chi connectivity index (χ2v) is 3.88. The van der Waals surface area contributed by atoms with Gasteiger partial charge < -0.3 is 10.4 Å². The fourth-order valence-corrected chi connectivity index (χ4v) is 1.41. The standard InChI is InChI=1S/C11H14ClNO2/c1-7(2)9-4-3-8(14)5-10(9)13-11(15)6-12/h3-5,7,14H,6H2,1-2H3,(H,13,15). The van der Waals surface area contributed by atoms with Crippen molar-refractivity contribution in [3.05, 3.63) is 23.8 Å². The summed E-state index contributed by atoms with van der Waals surface area (Å²) < 4.78 is 0. The van der Waals surface area contributed by atoms with Gasteiger partial charge >= 0.3 is 0 Å². The van der Waals surface area contributed by atoms with E-state index in [0.717, 1.165) is 5.56 Å². The maximum atomic E-state index is 11.1. The van der Waals surface area contributed by atoms with Crippen LogP contribution in [0.3, 0.4) is 0 Å². The van der Waals surface area contributed by atoms with Gasteiger partial charge in [0.05, 0.1) is 0 Å². The number of halogens is 1. The Kier molecular flexibility index (Phi) is 3.97. The molecule has 2 N–H and O–H groups in total. The molecule has 0 bridgehead atoms. The van der Waals surface area contributed by atoms with Crippen LogP contribution in [0.4, 0.5) is 5.69 Å². The molecule has 3 nitrogen and oxygen atoms in total. The zero-order valence-electron chi connectivity index (χ0n) is 8.75. The van der Waals surface area contributed by atoms with Gasteiger partial charge in [0.1, 0.15) is 11.6 Å². The number of phenolic OH excluding ortho intramolecular Hbond substituents is 1. The molecule has 1 rings (SSSR count). The highest BCUT2D eigenvalue weighted by atomic mass is 35.5. The molecule has 1 amide bonds. The van der Waals surface area contributed by atoms with E-state index in [9.17, 15) is 9.90 Å². The molecule has 0 aliphatic rings. The fraction of sp³-hybridized carbons (Fsp3) is 0.364. The van der Waals surface area contributed by atoms with Gasteiger partial charge in [-0.25, -0.2) is 0 Å². The molecule has 0 spiro atoms. The third-order valence-corrected chi connectivity index (χ3v) is 2.30. The summed E-state index contributed by atoms with van der Waals surface area (Å²) in [5, 5.41) is 12.0. The lowest BCUT2D eigenvalue weighted by molar-refractivity contribution is -0.113. The van der Waals surface area contributed by atoms with Gasteiger partial charge in [0.25, 0.3) is 0 Å². The topological polar surface area (TPSA) is 49.3 Å². The van der Waals surface area contributed by atoms with Gasteiger partial charge in [0.15, 0.2) is 0 Å². The molecule has 0 heterocycles. The predicted octanol–water partition coefficient (Wildman–Crippen LogP) is 2.69. The summed E-state index contributed by atoms with van der Waals surface area (Å²) in [6.45, 7) is 4.03. The number of amides is 1. The van der Waals surface area contributed by atoms with Crippen molar-refractivity contribution < 1.29 is 9.90 Å². The molecule has 0 saturated carbocycles. The minimum absolute atomic E-state index is 0.0901. The average Bonchev–Trinajstić information content (AvgIpc) is 2.17. The molecule has 0 unspecified atom stereocenters. The summed E-state index contributed by atoms with van der Waals surface area (Å²) in [4.78, 5) is 11.1. The van der Waals surface area contributed by atoms with Crippen LogP contribution in [0.1, 0.15) is 25.3 Å². The molecule has 0 aliphatic heterocycles. The lowest BCUT2D eigenvalue weighted by Gasteiger charge is -2.13. The first-order valence-electron chi connectivity index (χ1n) is 4.73. The lowest BCUT2D eigenvalue weighted by Crippen LogP contribution is -2.14. The van der Waals surface area contributed by atoms with E-state index in [1.54, 1.807) is 12.1 Å². The zero-order valence-corrected chi connectivity index (χ0v) is 9.51. The Hall–Kier alpha value is -1.22. The molecular weight excluding hydrogens is 214 g/mol. The number of aromatic hydroxyl groups is 1. The molecular formula is C11H14ClNO2. The summed E-state index contributed by atoms with van der Waals surface area (Å²) >= 11 is 5.40. The van der Waals surface area contributed by atoms with Crippen LogP contribution in [0.2, 0.25) is 0 Å². The third-order valence-electron chi connectivity index (χ3n) is 2.05. The van der Waals surface area contributed by atoms with Crippen LogP contribution in [0.5, 0.6) is 5.75 Å². The molecule has 1 aromatic rings. The van der Waals surface area contributed by atoms with Gasteiger partial charge in [0, 0.05) is 11.8 Å². The van der Waals surface area contributed by atoms with Crippen LogP contribution in [-0.2, 0) is 4.79 Å². The Bertz CT molecular complexity index is 364. The van der Waals surface area contributed by atoms with Crippen molar-refractivity contribution in [2.45, 2.75) is 19.8 Å². The van der Waals surface area contributed by atoms with E-state index in [2.05, 4.69) is 5.32 Å². The van der Waals surface area contributed by atoms with Crippen molar-refractivity contribution in [3.63, 3.8) is 0 Å². The van der Waals surface area contributed by atoms with E-state index in [-0.39, 0.29) is 23.5 Å². The molecule has 0 aromatic heterocycles. The molecule has 0 radical (unpaired) electrons. The Morgan fingerprint density at radius 2 is 2.20 bits per heavy atom. The Morgan fingerprint density at radius 1 is 1.53 bits per heavy atom. The maximum absolute atomic E-state index is 11.1. The van der Waals surface area contributed by atoms with E-state index in [1.165, 1.54) is 6.07 Å². The summed E-state index contributed by atoms with van der Waals surface area (Å²) in [6, 6.07) is 4.93. The smallest absolute Gasteiger partial charge is 0.239 e. The number of carbonyl (C=O) groups is 1. The van der Waals surface area contributed by atoms with Crippen LogP contribution in [0.15, 0.2) is 18.2 Å². The van der Waals surface area contributed by atoms with Gasteiger partial charge in [-0.1, -0.05) is 19.9 Å². The SMILES string of the molecule is CC(C)c1ccc(O)cc1NC(=O)CCl. The minimum Gasteiger partial charge on any atom is -0.508 e. The van der Waals surface area contributed by atoms with Crippen molar-refractivity contribution in [2.24, 2.45) is 0 Å².